The van der Waals surface area contributed by atoms with Crippen molar-refractivity contribution in [1.82, 2.24) is 15.2 Å². The summed E-state index contributed by atoms with van der Waals surface area (Å²) in [5, 5.41) is 2.97. The minimum atomic E-state index is -0.101. The van der Waals surface area contributed by atoms with Gasteiger partial charge in [-0.25, -0.2) is 4.98 Å². The Labute approximate surface area is 116 Å². The fourth-order valence-electron chi connectivity index (χ4n) is 2.31. The highest BCUT2D eigenvalue weighted by atomic mass is 79.9. The monoisotopic (exact) mass is 311 g/mol. The topological polar surface area (TPSA) is 45.2 Å². The lowest BCUT2D eigenvalue weighted by molar-refractivity contribution is 0.0931. The number of hydrogen-bond acceptors (Lipinski definition) is 3. The summed E-state index contributed by atoms with van der Waals surface area (Å²) in [6.45, 7) is 2.95. The number of rotatable bonds is 3. The average molecular weight is 312 g/mol. The fourth-order valence-corrected chi connectivity index (χ4v) is 2.75. The highest BCUT2D eigenvalue weighted by Gasteiger charge is 2.18. The molecule has 1 amide bonds. The molecule has 1 aromatic rings. The smallest absolute Gasteiger partial charge is 0.271 e. The van der Waals surface area contributed by atoms with Crippen LogP contribution >= 0.6 is 15.9 Å². The predicted molar refractivity (Wildman–Crippen MR) is 74.5 cm³/mol. The molecule has 98 valence electrons. The van der Waals surface area contributed by atoms with Crippen LogP contribution in [0.3, 0.4) is 0 Å². The molecule has 1 aliphatic heterocycles. The minimum absolute atomic E-state index is 0.101. The van der Waals surface area contributed by atoms with Crippen LogP contribution in [0.1, 0.15) is 23.3 Å². The molecule has 0 aliphatic carbocycles. The number of carbonyl (C=O) groups is 1. The summed E-state index contributed by atoms with van der Waals surface area (Å²) in [5.41, 5.74) is 0.460. The Balaban J connectivity index is 1.87. The van der Waals surface area contributed by atoms with E-state index < -0.39 is 0 Å². The maximum atomic E-state index is 12.0. The largest absolute Gasteiger partial charge is 0.350 e. The van der Waals surface area contributed by atoms with Crippen molar-refractivity contribution in [3.05, 3.63) is 28.5 Å². The van der Waals surface area contributed by atoms with Gasteiger partial charge in [0.2, 0.25) is 0 Å². The molecule has 2 rings (SSSR count). The van der Waals surface area contributed by atoms with Crippen LogP contribution in [0.4, 0.5) is 0 Å². The molecule has 1 atom stereocenters. The maximum absolute atomic E-state index is 12.0. The zero-order valence-electron chi connectivity index (χ0n) is 10.5. The molecule has 1 saturated heterocycles. The van der Waals surface area contributed by atoms with Crippen LogP contribution < -0.4 is 5.32 Å². The first-order valence-electron chi connectivity index (χ1n) is 6.24. The van der Waals surface area contributed by atoms with Crippen LogP contribution in [0, 0.1) is 5.92 Å². The molecule has 1 unspecified atom stereocenters. The number of halogens is 1. The Kier molecular flexibility index (Phi) is 4.72. The summed E-state index contributed by atoms with van der Waals surface area (Å²) in [4.78, 5) is 18.4. The Morgan fingerprint density at radius 2 is 2.50 bits per heavy atom. The number of piperidine rings is 1. The molecule has 0 spiro atoms. The second-order valence-corrected chi connectivity index (χ2v) is 5.67. The molecule has 0 radical (unpaired) electrons. The van der Waals surface area contributed by atoms with Gasteiger partial charge in [0.1, 0.15) is 5.69 Å². The van der Waals surface area contributed by atoms with Crippen molar-refractivity contribution < 1.29 is 4.79 Å². The summed E-state index contributed by atoms with van der Waals surface area (Å²) in [5.74, 6) is 0.450. The molecular formula is C13H18BrN3O. The second-order valence-electron chi connectivity index (χ2n) is 4.81. The Morgan fingerprint density at radius 1 is 1.67 bits per heavy atom. The maximum Gasteiger partial charge on any atom is 0.271 e. The van der Waals surface area contributed by atoms with Gasteiger partial charge in [0.25, 0.3) is 5.91 Å². The third-order valence-corrected chi connectivity index (χ3v) is 3.89. The highest BCUT2D eigenvalue weighted by molar-refractivity contribution is 9.10. The van der Waals surface area contributed by atoms with Crippen molar-refractivity contribution in [2.75, 3.05) is 26.7 Å². The zero-order valence-corrected chi connectivity index (χ0v) is 12.1. The van der Waals surface area contributed by atoms with Gasteiger partial charge >= 0.3 is 0 Å². The van der Waals surface area contributed by atoms with Gasteiger partial charge in [0, 0.05) is 23.8 Å². The zero-order chi connectivity index (χ0) is 13.0. The van der Waals surface area contributed by atoms with Crippen LogP contribution in [0.15, 0.2) is 22.8 Å². The molecule has 0 saturated carbocycles. The highest BCUT2D eigenvalue weighted by Crippen LogP contribution is 2.15. The minimum Gasteiger partial charge on any atom is -0.350 e. The summed E-state index contributed by atoms with van der Waals surface area (Å²) >= 11 is 3.34. The number of likely N-dealkylation sites (tertiary alicyclic amines) is 1. The molecule has 1 N–H and O–H groups in total. The molecule has 4 nitrogen and oxygen atoms in total. The van der Waals surface area contributed by atoms with Gasteiger partial charge in [-0.05, 0) is 60.4 Å². The number of pyridine rings is 1. The van der Waals surface area contributed by atoms with Gasteiger partial charge in [0.15, 0.2) is 0 Å². The van der Waals surface area contributed by atoms with Crippen LogP contribution in [0.5, 0.6) is 0 Å². The van der Waals surface area contributed by atoms with Crippen LogP contribution in [-0.4, -0.2) is 42.5 Å². The van der Waals surface area contributed by atoms with Crippen molar-refractivity contribution >= 4 is 21.8 Å². The summed E-state index contributed by atoms with van der Waals surface area (Å²) < 4.78 is 0.739. The molecule has 1 aromatic heterocycles. The normalized spacial score (nSPS) is 20.7. The van der Waals surface area contributed by atoms with Gasteiger partial charge in [0.05, 0.1) is 0 Å². The number of hydrogen-bond donors (Lipinski definition) is 1. The molecule has 5 heteroatoms. The lowest BCUT2D eigenvalue weighted by Gasteiger charge is -2.29. The van der Waals surface area contributed by atoms with Crippen molar-refractivity contribution in [3.8, 4) is 0 Å². The lowest BCUT2D eigenvalue weighted by Crippen LogP contribution is -2.39. The van der Waals surface area contributed by atoms with E-state index in [0.717, 1.165) is 24.1 Å². The van der Waals surface area contributed by atoms with E-state index in [9.17, 15) is 4.79 Å². The standard InChI is InChI=1S/C13H18BrN3O/c1-17-7-3-4-10(9-17)8-16-13(18)12-11(14)5-2-6-15-12/h2,5-6,10H,3-4,7-9H2,1H3,(H,16,18). The summed E-state index contributed by atoms with van der Waals surface area (Å²) in [7, 11) is 2.13. The second kappa shape index (κ2) is 6.29. The van der Waals surface area contributed by atoms with E-state index in [1.807, 2.05) is 6.07 Å². The van der Waals surface area contributed by atoms with Gasteiger partial charge in [-0.2, -0.15) is 0 Å². The van der Waals surface area contributed by atoms with E-state index in [0.29, 0.717) is 11.6 Å². The SMILES string of the molecule is CN1CCCC(CNC(=O)c2ncccc2Br)C1. The van der Waals surface area contributed by atoms with E-state index in [1.54, 1.807) is 12.3 Å². The fraction of sp³-hybridized carbons (Fsp3) is 0.538. The van der Waals surface area contributed by atoms with Crippen molar-refractivity contribution in [2.45, 2.75) is 12.8 Å². The Bertz CT molecular complexity index is 424. The number of nitrogens with zero attached hydrogens (tertiary/aromatic N) is 2. The number of carbonyl (C=O) groups excluding carboxylic acids is 1. The molecule has 18 heavy (non-hydrogen) atoms. The first-order chi connectivity index (χ1) is 8.66. The quantitative estimate of drug-likeness (QED) is 0.927. The van der Waals surface area contributed by atoms with Crippen molar-refractivity contribution in [3.63, 3.8) is 0 Å². The average Bonchev–Trinajstić information content (AvgIpc) is 2.37. The first-order valence-corrected chi connectivity index (χ1v) is 7.03. The summed E-state index contributed by atoms with van der Waals surface area (Å²) in [6.07, 6.45) is 4.03. The van der Waals surface area contributed by atoms with Gasteiger partial charge < -0.3 is 10.2 Å². The molecule has 0 bridgehead atoms. The molecule has 2 heterocycles. The van der Waals surface area contributed by atoms with E-state index in [1.165, 1.54) is 12.8 Å². The van der Waals surface area contributed by atoms with E-state index in [2.05, 4.69) is 38.2 Å². The number of nitrogens with one attached hydrogen (secondary N) is 1. The van der Waals surface area contributed by atoms with Gasteiger partial charge in [-0.1, -0.05) is 0 Å². The first kappa shape index (κ1) is 13.5. The molecule has 1 aliphatic rings. The van der Waals surface area contributed by atoms with Crippen molar-refractivity contribution in [1.29, 1.82) is 0 Å². The Morgan fingerprint density at radius 3 is 3.22 bits per heavy atom. The van der Waals surface area contributed by atoms with Crippen molar-refractivity contribution in [2.24, 2.45) is 5.92 Å². The molecular weight excluding hydrogens is 294 g/mol. The van der Waals surface area contributed by atoms with E-state index in [4.69, 9.17) is 0 Å². The van der Waals surface area contributed by atoms with Crippen LogP contribution in [0.25, 0.3) is 0 Å². The van der Waals surface area contributed by atoms with Gasteiger partial charge in [-0.3, -0.25) is 4.79 Å². The molecule has 1 fully saturated rings. The lowest BCUT2D eigenvalue weighted by atomic mass is 9.98. The van der Waals surface area contributed by atoms with Crippen LogP contribution in [-0.2, 0) is 0 Å². The van der Waals surface area contributed by atoms with E-state index in [-0.39, 0.29) is 5.91 Å². The third kappa shape index (κ3) is 3.53. The predicted octanol–water partition coefficient (Wildman–Crippen LogP) is 1.92. The van der Waals surface area contributed by atoms with E-state index >= 15 is 0 Å². The van der Waals surface area contributed by atoms with Crippen LogP contribution in [0.2, 0.25) is 0 Å². The summed E-state index contributed by atoms with van der Waals surface area (Å²) in [6, 6.07) is 3.63. The molecule has 0 aromatic carbocycles. The van der Waals surface area contributed by atoms with Gasteiger partial charge in [-0.15, -0.1) is 0 Å². The Hall–Kier alpha value is -0.940. The number of aromatic nitrogens is 1. The number of amides is 1. The third-order valence-electron chi connectivity index (χ3n) is 3.25.